The van der Waals surface area contributed by atoms with E-state index in [1.54, 1.807) is 17.0 Å². The zero-order valence-electron chi connectivity index (χ0n) is 14.7. The molecule has 152 valence electrons. The van der Waals surface area contributed by atoms with Crippen molar-refractivity contribution in [3.63, 3.8) is 0 Å². The maximum absolute atomic E-state index is 12.7. The highest BCUT2D eigenvalue weighted by Crippen LogP contribution is 2.34. The molecule has 1 fully saturated rings. The summed E-state index contributed by atoms with van der Waals surface area (Å²) in [5.41, 5.74) is -0.898. The Morgan fingerprint density at radius 3 is 2.71 bits per heavy atom. The lowest BCUT2D eigenvalue weighted by molar-refractivity contribution is -0.137. The van der Waals surface area contributed by atoms with E-state index >= 15 is 0 Å². The van der Waals surface area contributed by atoms with Crippen LogP contribution < -0.4 is 10.2 Å². The zero-order chi connectivity index (χ0) is 20.3. The summed E-state index contributed by atoms with van der Waals surface area (Å²) in [6, 6.07) is 4.13. The molecule has 0 saturated carbocycles. The number of alkyl halides is 3. The van der Waals surface area contributed by atoms with E-state index in [1.165, 1.54) is 6.26 Å². The molecule has 1 amide bonds. The summed E-state index contributed by atoms with van der Waals surface area (Å²) >= 11 is 5.98. The standard InChI is InChI=1S/C18H19ClF3N3O3/c19-13-8-12(18(20,21)22)9-23-16(13)25-5-3-11(4-6-25)17(27)24-10-14(26)15-2-1-7-28-15/h1-2,7-9,11,14,26H,3-6,10H2,(H,24,27). The third-order valence-electron chi connectivity index (χ3n) is 4.66. The number of aliphatic hydroxyl groups excluding tert-OH is 1. The molecule has 3 rings (SSSR count). The molecule has 2 N–H and O–H groups in total. The van der Waals surface area contributed by atoms with Gasteiger partial charge in [0, 0.05) is 25.2 Å². The first-order valence-corrected chi connectivity index (χ1v) is 9.10. The molecule has 2 aromatic heterocycles. The van der Waals surface area contributed by atoms with Crippen molar-refractivity contribution < 1.29 is 27.5 Å². The number of rotatable bonds is 5. The normalized spacial score (nSPS) is 16.8. The van der Waals surface area contributed by atoms with Crippen molar-refractivity contribution in [2.45, 2.75) is 25.1 Å². The molecule has 1 atom stereocenters. The summed E-state index contributed by atoms with van der Waals surface area (Å²) in [7, 11) is 0. The largest absolute Gasteiger partial charge is 0.467 e. The van der Waals surface area contributed by atoms with E-state index in [-0.39, 0.29) is 29.2 Å². The Labute approximate surface area is 164 Å². The van der Waals surface area contributed by atoms with Gasteiger partial charge < -0.3 is 19.7 Å². The minimum absolute atomic E-state index is 0.0405. The topological polar surface area (TPSA) is 78.6 Å². The van der Waals surface area contributed by atoms with Gasteiger partial charge in [0.1, 0.15) is 17.7 Å². The van der Waals surface area contributed by atoms with Gasteiger partial charge in [-0.05, 0) is 31.0 Å². The van der Waals surface area contributed by atoms with Crippen LogP contribution in [0.1, 0.15) is 30.3 Å². The monoisotopic (exact) mass is 417 g/mol. The van der Waals surface area contributed by atoms with Crippen LogP contribution in [0.15, 0.2) is 35.1 Å². The summed E-state index contributed by atoms with van der Waals surface area (Å²) in [4.78, 5) is 17.9. The maximum atomic E-state index is 12.7. The number of nitrogens with one attached hydrogen (secondary N) is 1. The van der Waals surface area contributed by atoms with Crippen LogP contribution in [-0.2, 0) is 11.0 Å². The van der Waals surface area contributed by atoms with Crippen molar-refractivity contribution in [3.05, 3.63) is 47.0 Å². The summed E-state index contributed by atoms with van der Waals surface area (Å²) in [6.07, 6.45) is -2.22. The molecule has 10 heteroatoms. The number of halogens is 4. The molecular weight excluding hydrogens is 399 g/mol. The van der Waals surface area contributed by atoms with E-state index in [0.29, 0.717) is 31.7 Å². The fraction of sp³-hybridized carbons (Fsp3) is 0.444. The van der Waals surface area contributed by atoms with Gasteiger partial charge in [-0.25, -0.2) is 4.98 Å². The Bertz CT molecular complexity index is 806. The zero-order valence-corrected chi connectivity index (χ0v) is 15.5. The maximum Gasteiger partial charge on any atom is 0.417 e. The Kier molecular flexibility index (Phi) is 6.14. The summed E-state index contributed by atoms with van der Waals surface area (Å²) in [5.74, 6) is 0.213. The van der Waals surface area contributed by atoms with E-state index < -0.39 is 17.8 Å². The van der Waals surface area contributed by atoms with Crippen molar-refractivity contribution in [1.82, 2.24) is 10.3 Å². The molecule has 0 spiro atoms. The first kappa shape index (κ1) is 20.5. The van der Waals surface area contributed by atoms with Gasteiger partial charge >= 0.3 is 6.18 Å². The van der Waals surface area contributed by atoms with Gasteiger partial charge in [-0.3, -0.25) is 4.79 Å². The van der Waals surface area contributed by atoms with Gasteiger partial charge in [-0.2, -0.15) is 13.2 Å². The van der Waals surface area contributed by atoms with Crippen LogP contribution in [0, 0.1) is 5.92 Å². The number of hydrogen-bond donors (Lipinski definition) is 2. The first-order valence-electron chi connectivity index (χ1n) is 8.72. The molecule has 28 heavy (non-hydrogen) atoms. The molecular formula is C18H19ClF3N3O3. The van der Waals surface area contributed by atoms with Gasteiger partial charge in [0.2, 0.25) is 5.91 Å². The molecule has 1 unspecified atom stereocenters. The van der Waals surface area contributed by atoms with Crippen molar-refractivity contribution in [2.75, 3.05) is 24.5 Å². The minimum atomic E-state index is -4.50. The molecule has 0 radical (unpaired) electrons. The number of carbonyl (C=O) groups is 1. The highest BCUT2D eigenvalue weighted by Gasteiger charge is 2.33. The number of carbonyl (C=O) groups excluding carboxylic acids is 1. The van der Waals surface area contributed by atoms with E-state index in [4.69, 9.17) is 16.0 Å². The van der Waals surface area contributed by atoms with E-state index in [1.807, 2.05) is 0 Å². The van der Waals surface area contributed by atoms with Crippen LogP contribution in [0.3, 0.4) is 0 Å². The van der Waals surface area contributed by atoms with E-state index in [0.717, 1.165) is 12.3 Å². The number of piperidine rings is 1. The first-order chi connectivity index (χ1) is 13.3. The molecule has 2 aromatic rings. The Morgan fingerprint density at radius 2 is 2.14 bits per heavy atom. The van der Waals surface area contributed by atoms with Crippen LogP contribution in [0.2, 0.25) is 5.02 Å². The predicted octanol–water partition coefficient (Wildman–Crippen LogP) is 3.41. The summed E-state index contributed by atoms with van der Waals surface area (Å²) < 4.78 is 43.2. The predicted molar refractivity (Wildman–Crippen MR) is 95.9 cm³/mol. The molecule has 3 heterocycles. The average molecular weight is 418 g/mol. The number of pyridine rings is 1. The molecule has 1 saturated heterocycles. The van der Waals surface area contributed by atoms with Gasteiger partial charge in [0.15, 0.2) is 0 Å². The smallest absolute Gasteiger partial charge is 0.417 e. The van der Waals surface area contributed by atoms with Crippen LogP contribution in [0.4, 0.5) is 19.0 Å². The fourth-order valence-corrected chi connectivity index (χ4v) is 3.38. The van der Waals surface area contributed by atoms with Crippen molar-refractivity contribution in [3.8, 4) is 0 Å². The number of aliphatic hydroxyl groups is 1. The second kappa shape index (κ2) is 8.40. The van der Waals surface area contributed by atoms with Crippen molar-refractivity contribution in [2.24, 2.45) is 5.92 Å². The van der Waals surface area contributed by atoms with Gasteiger partial charge in [-0.1, -0.05) is 11.6 Å². The summed E-state index contributed by atoms with van der Waals surface area (Å²) in [6.45, 7) is 0.923. The highest BCUT2D eigenvalue weighted by atomic mass is 35.5. The van der Waals surface area contributed by atoms with Crippen LogP contribution >= 0.6 is 11.6 Å². The lowest BCUT2D eigenvalue weighted by atomic mass is 9.95. The summed E-state index contributed by atoms with van der Waals surface area (Å²) in [5, 5.41) is 12.6. The SMILES string of the molecule is O=C(NCC(O)c1ccco1)C1CCN(c2ncc(C(F)(F)F)cc2Cl)CC1. The fourth-order valence-electron chi connectivity index (χ4n) is 3.09. The highest BCUT2D eigenvalue weighted by molar-refractivity contribution is 6.33. The van der Waals surface area contributed by atoms with Crippen LogP contribution in [-0.4, -0.2) is 35.6 Å². The molecule has 0 aromatic carbocycles. The average Bonchev–Trinajstić information content (AvgIpc) is 3.20. The number of hydrogen-bond acceptors (Lipinski definition) is 5. The van der Waals surface area contributed by atoms with E-state index in [9.17, 15) is 23.1 Å². The van der Waals surface area contributed by atoms with Crippen molar-refractivity contribution >= 4 is 23.3 Å². The Hall–Kier alpha value is -2.26. The lowest BCUT2D eigenvalue weighted by Gasteiger charge is -2.32. The number of aromatic nitrogens is 1. The number of nitrogens with zero attached hydrogens (tertiary/aromatic N) is 2. The van der Waals surface area contributed by atoms with Gasteiger partial charge in [-0.15, -0.1) is 0 Å². The third-order valence-corrected chi connectivity index (χ3v) is 4.93. The number of amides is 1. The molecule has 0 aliphatic carbocycles. The lowest BCUT2D eigenvalue weighted by Crippen LogP contribution is -2.41. The second-order valence-corrected chi connectivity index (χ2v) is 6.97. The van der Waals surface area contributed by atoms with Crippen LogP contribution in [0.25, 0.3) is 0 Å². The van der Waals surface area contributed by atoms with E-state index in [2.05, 4.69) is 10.3 Å². The molecule has 1 aliphatic heterocycles. The quantitative estimate of drug-likeness (QED) is 0.779. The molecule has 6 nitrogen and oxygen atoms in total. The van der Waals surface area contributed by atoms with Crippen molar-refractivity contribution in [1.29, 1.82) is 0 Å². The minimum Gasteiger partial charge on any atom is -0.467 e. The number of furan rings is 1. The Morgan fingerprint density at radius 1 is 1.43 bits per heavy atom. The third kappa shape index (κ3) is 4.77. The van der Waals surface area contributed by atoms with Gasteiger partial charge in [0.25, 0.3) is 0 Å². The van der Waals surface area contributed by atoms with Gasteiger partial charge in [0.05, 0.1) is 23.4 Å². The van der Waals surface area contributed by atoms with Crippen LogP contribution in [0.5, 0.6) is 0 Å². The molecule has 0 bridgehead atoms. The Balaban J connectivity index is 1.52. The molecule has 1 aliphatic rings. The number of anilines is 1. The second-order valence-electron chi connectivity index (χ2n) is 6.56.